The summed E-state index contributed by atoms with van der Waals surface area (Å²) in [4.78, 5) is 2.39. The van der Waals surface area contributed by atoms with Gasteiger partial charge in [-0.25, -0.2) is 0 Å². The second-order valence-electron chi connectivity index (χ2n) is 5.93. The molecule has 4 heteroatoms. The van der Waals surface area contributed by atoms with E-state index in [9.17, 15) is 0 Å². The smallest absolute Gasteiger partial charge is 0.161 e. The minimum absolute atomic E-state index is 0.654. The summed E-state index contributed by atoms with van der Waals surface area (Å²) in [6, 6.07) is 14.7. The predicted octanol–water partition coefficient (Wildman–Crippen LogP) is 3.02. The maximum atomic E-state index is 5.81. The zero-order chi connectivity index (χ0) is 17.4. The van der Waals surface area contributed by atoms with Crippen LogP contribution in [-0.4, -0.2) is 38.8 Å². The van der Waals surface area contributed by atoms with Crippen LogP contribution in [0.3, 0.4) is 0 Å². The van der Waals surface area contributed by atoms with Crippen molar-refractivity contribution in [2.75, 3.05) is 33.9 Å². The summed E-state index contributed by atoms with van der Waals surface area (Å²) in [7, 11) is 3.33. The van der Waals surface area contributed by atoms with Crippen LogP contribution >= 0.6 is 0 Å². The van der Waals surface area contributed by atoms with Crippen molar-refractivity contribution >= 4 is 0 Å². The summed E-state index contributed by atoms with van der Waals surface area (Å²) in [5.41, 5.74) is 9.60. The highest BCUT2D eigenvalue weighted by molar-refractivity contribution is 5.47. The third-order valence-electron chi connectivity index (χ3n) is 4.24. The van der Waals surface area contributed by atoms with Gasteiger partial charge in [-0.15, -0.1) is 0 Å². The number of methoxy groups -OCH3 is 2. The SMILES string of the molecule is COc1cc(C)c(CN(CCN)CCc2ccccc2)cc1OC. The fraction of sp³-hybridized carbons (Fsp3) is 0.400. The van der Waals surface area contributed by atoms with Crippen LogP contribution in [0.5, 0.6) is 11.5 Å². The molecule has 2 N–H and O–H groups in total. The molecule has 2 rings (SSSR count). The molecule has 0 aliphatic heterocycles. The van der Waals surface area contributed by atoms with Crippen molar-refractivity contribution in [3.8, 4) is 11.5 Å². The molecular weight excluding hydrogens is 300 g/mol. The van der Waals surface area contributed by atoms with Crippen LogP contribution in [0.15, 0.2) is 42.5 Å². The lowest BCUT2D eigenvalue weighted by atomic mass is 10.1. The number of aryl methyl sites for hydroxylation is 1. The van der Waals surface area contributed by atoms with Crippen molar-refractivity contribution in [1.29, 1.82) is 0 Å². The van der Waals surface area contributed by atoms with Crippen LogP contribution < -0.4 is 15.2 Å². The summed E-state index contributed by atoms with van der Waals surface area (Å²) in [5, 5.41) is 0. The second kappa shape index (κ2) is 9.30. The standard InChI is InChI=1S/C20H28N2O2/c1-16-13-19(23-2)20(24-3)14-18(16)15-22(12-10-21)11-9-17-7-5-4-6-8-17/h4-8,13-14H,9-12,15,21H2,1-3H3. The van der Waals surface area contributed by atoms with Gasteiger partial charge in [0.05, 0.1) is 14.2 Å². The van der Waals surface area contributed by atoms with Gasteiger partial charge in [-0.3, -0.25) is 4.90 Å². The molecule has 0 aromatic heterocycles. The molecule has 0 radical (unpaired) electrons. The Kier molecular flexibility index (Phi) is 7.09. The third-order valence-corrected chi connectivity index (χ3v) is 4.24. The van der Waals surface area contributed by atoms with Crippen molar-refractivity contribution in [3.63, 3.8) is 0 Å². The Balaban J connectivity index is 2.09. The zero-order valence-corrected chi connectivity index (χ0v) is 14.9. The fourth-order valence-electron chi connectivity index (χ4n) is 2.82. The van der Waals surface area contributed by atoms with Crippen LogP contribution in [0.4, 0.5) is 0 Å². The Morgan fingerprint density at radius 2 is 1.62 bits per heavy atom. The Bertz CT molecular complexity index is 629. The Labute approximate surface area is 145 Å². The summed E-state index contributed by atoms with van der Waals surface area (Å²) in [6.07, 6.45) is 1.02. The summed E-state index contributed by atoms with van der Waals surface area (Å²) < 4.78 is 10.8. The Morgan fingerprint density at radius 3 is 2.25 bits per heavy atom. The first kappa shape index (κ1) is 18.3. The van der Waals surface area contributed by atoms with Crippen molar-refractivity contribution in [2.24, 2.45) is 5.73 Å². The third kappa shape index (κ3) is 4.98. The van der Waals surface area contributed by atoms with Crippen LogP contribution in [0.25, 0.3) is 0 Å². The van der Waals surface area contributed by atoms with Gasteiger partial charge in [0.25, 0.3) is 0 Å². The first-order chi connectivity index (χ1) is 11.7. The molecule has 0 atom stereocenters. The summed E-state index contributed by atoms with van der Waals surface area (Å²) in [6.45, 7) is 5.47. The number of nitrogens with zero attached hydrogens (tertiary/aromatic N) is 1. The lowest BCUT2D eigenvalue weighted by Gasteiger charge is -2.23. The molecule has 0 unspecified atom stereocenters. The van der Waals surface area contributed by atoms with Crippen molar-refractivity contribution in [2.45, 2.75) is 19.9 Å². The van der Waals surface area contributed by atoms with E-state index in [-0.39, 0.29) is 0 Å². The number of benzene rings is 2. The van der Waals surface area contributed by atoms with E-state index in [1.807, 2.05) is 12.1 Å². The lowest BCUT2D eigenvalue weighted by Crippen LogP contribution is -2.31. The summed E-state index contributed by atoms with van der Waals surface area (Å²) in [5.74, 6) is 1.54. The maximum absolute atomic E-state index is 5.81. The van der Waals surface area contributed by atoms with E-state index in [4.69, 9.17) is 15.2 Å². The van der Waals surface area contributed by atoms with E-state index in [2.05, 4.69) is 42.2 Å². The highest BCUT2D eigenvalue weighted by atomic mass is 16.5. The van der Waals surface area contributed by atoms with Crippen LogP contribution in [0.1, 0.15) is 16.7 Å². The highest BCUT2D eigenvalue weighted by Crippen LogP contribution is 2.30. The van der Waals surface area contributed by atoms with E-state index in [0.717, 1.165) is 37.6 Å². The van der Waals surface area contributed by atoms with Crippen LogP contribution in [-0.2, 0) is 13.0 Å². The molecule has 0 aliphatic rings. The van der Waals surface area contributed by atoms with E-state index >= 15 is 0 Å². The minimum Gasteiger partial charge on any atom is -0.493 e. The number of ether oxygens (including phenoxy) is 2. The van der Waals surface area contributed by atoms with Crippen molar-refractivity contribution in [3.05, 3.63) is 59.2 Å². The first-order valence-corrected chi connectivity index (χ1v) is 8.35. The molecule has 4 nitrogen and oxygen atoms in total. The van der Waals surface area contributed by atoms with Gasteiger partial charge in [0, 0.05) is 26.2 Å². The molecule has 0 aliphatic carbocycles. The zero-order valence-electron chi connectivity index (χ0n) is 14.9. The van der Waals surface area contributed by atoms with Gasteiger partial charge < -0.3 is 15.2 Å². The van der Waals surface area contributed by atoms with Gasteiger partial charge in [0.1, 0.15) is 0 Å². The Hall–Kier alpha value is -2.04. The molecule has 0 bridgehead atoms. The molecule has 0 saturated carbocycles. The molecule has 0 fully saturated rings. The maximum Gasteiger partial charge on any atom is 0.161 e. The molecule has 0 heterocycles. The van der Waals surface area contributed by atoms with Gasteiger partial charge in [0.2, 0.25) is 0 Å². The number of nitrogens with two attached hydrogens (primary N) is 1. The molecular formula is C20H28N2O2. The first-order valence-electron chi connectivity index (χ1n) is 8.35. The summed E-state index contributed by atoms with van der Waals surface area (Å²) >= 11 is 0. The van der Waals surface area contributed by atoms with Crippen LogP contribution in [0.2, 0.25) is 0 Å². The van der Waals surface area contributed by atoms with Gasteiger partial charge in [0.15, 0.2) is 11.5 Å². The van der Waals surface area contributed by atoms with Gasteiger partial charge in [-0.2, -0.15) is 0 Å². The highest BCUT2D eigenvalue weighted by Gasteiger charge is 2.12. The number of rotatable bonds is 9. The molecule has 2 aromatic carbocycles. The number of hydrogen-bond donors (Lipinski definition) is 1. The van der Waals surface area contributed by atoms with E-state index < -0.39 is 0 Å². The van der Waals surface area contributed by atoms with Crippen molar-refractivity contribution in [1.82, 2.24) is 4.90 Å². The molecule has 24 heavy (non-hydrogen) atoms. The predicted molar refractivity (Wildman–Crippen MR) is 98.8 cm³/mol. The minimum atomic E-state index is 0.654. The average Bonchev–Trinajstić information content (AvgIpc) is 2.62. The van der Waals surface area contributed by atoms with Gasteiger partial charge in [-0.05, 0) is 42.2 Å². The molecule has 0 spiro atoms. The quantitative estimate of drug-likeness (QED) is 0.769. The van der Waals surface area contributed by atoms with E-state index in [1.165, 1.54) is 16.7 Å². The average molecular weight is 328 g/mol. The number of hydrogen-bond acceptors (Lipinski definition) is 4. The molecule has 130 valence electrons. The van der Waals surface area contributed by atoms with Crippen molar-refractivity contribution < 1.29 is 9.47 Å². The normalized spacial score (nSPS) is 10.9. The molecule has 0 saturated heterocycles. The molecule has 2 aromatic rings. The van der Waals surface area contributed by atoms with Crippen LogP contribution in [0, 0.1) is 6.92 Å². The van der Waals surface area contributed by atoms with E-state index in [0.29, 0.717) is 6.54 Å². The lowest BCUT2D eigenvalue weighted by molar-refractivity contribution is 0.275. The molecule has 0 amide bonds. The van der Waals surface area contributed by atoms with Gasteiger partial charge in [-0.1, -0.05) is 30.3 Å². The van der Waals surface area contributed by atoms with Gasteiger partial charge >= 0.3 is 0 Å². The second-order valence-corrected chi connectivity index (χ2v) is 5.93. The monoisotopic (exact) mass is 328 g/mol. The Morgan fingerprint density at radius 1 is 0.958 bits per heavy atom. The fourth-order valence-corrected chi connectivity index (χ4v) is 2.82. The topological polar surface area (TPSA) is 47.7 Å². The largest absolute Gasteiger partial charge is 0.493 e. The van der Waals surface area contributed by atoms with E-state index in [1.54, 1.807) is 14.2 Å².